The number of rotatable bonds is 5. The van der Waals surface area contributed by atoms with Gasteiger partial charge in [-0.2, -0.15) is 0 Å². The Kier molecular flexibility index (Phi) is 7.96. The molecule has 0 N–H and O–H groups in total. The molecular weight excluding hydrogens is 497 g/mol. The molecule has 36 heavy (non-hydrogen) atoms. The van der Waals surface area contributed by atoms with E-state index in [9.17, 15) is 9.59 Å². The Bertz CT molecular complexity index is 1270. The van der Waals surface area contributed by atoms with Crippen molar-refractivity contribution in [3.8, 4) is 11.3 Å². The molecule has 4 rings (SSSR count). The second-order valence-corrected chi connectivity index (χ2v) is 10.8. The Morgan fingerprint density at radius 3 is 2.61 bits per heavy atom. The third-order valence-electron chi connectivity index (χ3n) is 6.03. The summed E-state index contributed by atoms with van der Waals surface area (Å²) in [7, 11) is 0. The molecule has 3 aromatic rings. The number of piperidine rings is 1. The molecule has 1 unspecified atom stereocenters. The molecule has 1 aliphatic rings. The van der Waals surface area contributed by atoms with E-state index in [1.165, 1.54) is 6.33 Å². The highest BCUT2D eigenvalue weighted by Crippen LogP contribution is 2.30. The monoisotopic (exact) mass is 525 g/mol. The Morgan fingerprint density at radius 1 is 1.06 bits per heavy atom. The minimum atomic E-state index is -0.523. The summed E-state index contributed by atoms with van der Waals surface area (Å²) in [6.45, 7) is 6.91. The van der Waals surface area contributed by atoms with Crippen LogP contribution >= 0.6 is 23.2 Å². The van der Waals surface area contributed by atoms with Crippen LogP contribution in [-0.2, 0) is 11.2 Å². The van der Waals surface area contributed by atoms with E-state index in [1.54, 1.807) is 29.2 Å². The molecule has 0 bridgehead atoms. The van der Waals surface area contributed by atoms with Gasteiger partial charge < -0.3 is 9.64 Å². The number of carbonyl (C=O) groups is 2. The van der Waals surface area contributed by atoms with Crippen molar-refractivity contribution >= 4 is 35.1 Å². The number of hydrogen-bond donors (Lipinski definition) is 0. The fourth-order valence-corrected chi connectivity index (χ4v) is 4.60. The number of hydrogen-bond acceptors (Lipinski definition) is 5. The highest BCUT2D eigenvalue weighted by atomic mass is 35.5. The summed E-state index contributed by atoms with van der Waals surface area (Å²) in [5.41, 5.74) is 3.20. The highest BCUT2D eigenvalue weighted by Gasteiger charge is 2.28. The van der Waals surface area contributed by atoms with Gasteiger partial charge in [-0.1, -0.05) is 53.5 Å². The quantitative estimate of drug-likeness (QED) is 0.335. The first-order chi connectivity index (χ1) is 17.1. The standard InChI is InChI=1S/C28H29Cl2N3O3/c1-28(2,3)36-27(35)33-11-5-8-21(16-33)19-7-4-6-18(12-19)13-26(34)25-15-24(31-17-32-25)20-9-10-22(29)23(30)14-20/h4,6-7,9-10,12,14-15,17,21H,5,8,11,13,16H2,1-3H3. The molecule has 2 heterocycles. The number of carbonyl (C=O) groups excluding carboxylic acids is 2. The van der Waals surface area contributed by atoms with Crippen molar-refractivity contribution in [1.82, 2.24) is 14.9 Å². The molecule has 1 aromatic heterocycles. The summed E-state index contributed by atoms with van der Waals surface area (Å²) in [5, 5.41) is 0.878. The molecule has 1 fully saturated rings. The number of halogens is 2. The lowest BCUT2D eigenvalue weighted by Gasteiger charge is -2.34. The molecule has 1 saturated heterocycles. The first-order valence-corrected chi connectivity index (χ1v) is 12.7. The summed E-state index contributed by atoms with van der Waals surface area (Å²) in [6, 6.07) is 14.9. The van der Waals surface area contributed by atoms with E-state index in [4.69, 9.17) is 27.9 Å². The maximum Gasteiger partial charge on any atom is 0.410 e. The van der Waals surface area contributed by atoms with E-state index in [0.29, 0.717) is 34.5 Å². The lowest BCUT2D eigenvalue weighted by atomic mass is 9.89. The molecule has 8 heteroatoms. The Labute approximate surface area is 221 Å². The van der Waals surface area contributed by atoms with Gasteiger partial charge in [0.15, 0.2) is 5.78 Å². The molecule has 6 nitrogen and oxygen atoms in total. The predicted octanol–water partition coefficient (Wildman–Crippen LogP) is 6.99. The normalized spacial score (nSPS) is 16.0. The van der Waals surface area contributed by atoms with Crippen LogP contribution in [0.2, 0.25) is 10.0 Å². The Hall–Kier alpha value is -2.96. The van der Waals surface area contributed by atoms with Crippen molar-refractivity contribution in [3.05, 3.63) is 81.7 Å². The van der Waals surface area contributed by atoms with Gasteiger partial charge in [-0.3, -0.25) is 4.79 Å². The van der Waals surface area contributed by atoms with Gasteiger partial charge >= 0.3 is 6.09 Å². The van der Waals surface area contributed by atoms with Crippen LogP contribution in [0.1, 0.15) is 61.1 Å². The molecule has 2 aromatic carbocycles. The van der Waals surface area contributed by atoms with Crippen LogP contribution in [0.5, 0.6) is 0 Å². The summed E-state index contributed by atoms with van der Waals surface area (Å²) in [4.78, 5) is 35.9. The Balaban J connectivity index is 1.46. The number of nitrogens with zero attached hydrogens (tertiary/aromatic N) is 3. The summed E-state index contributed by atoms with van der Waals surface area (Å²) >= 11 is 12.1. The molecule has 1 amide bonds. The molecule has 1 aliphatic heterocycles. The van der Waals surface area contributed by atoms with Gasteiger partial charge in [0.25, 0.3) is 0 Å². The number of ether oxygens (including phenoxy) is 1. The maximum absolute atomic E-state index is 13.1. The summed E-state index contributed by atoms with van der Waals surface area (Å²) in [6.07, 6.45) is 3.21. The van der Waals surface area contributed by atoms with Gasteiger partial charge in [-0.15, -0.1) is 0 Å². The molecule has 0 spiro atoms. The molecule has 0 saturated carbocycles. The van der Waals surface area contributed by atoms with Gasteiger partial charge in [-0.05, 0) is 62.9 Å². The van der Waals surface area contributed by atoms with Gasteiger partial charge in [-0.25, -0.2) is 14.8 Å². The minimum absolute atomic E-state index is 0.102. The largest absolute Gasteiger partial charge is 0.444 e. The van der Waals surface area contributed by atoms with E-state index in [-0.39, 0.29) is 24.2 Å². The number of benzene rings is 2. The van der Waals surface area contributed by atoms with E-state index in [2.05, 4.69) is 22.1 Å². The lowest BCUT2D eigenvalue weighted by molar-refractivity contribution is 0.0198. The van der Waals surface area contributed by atoms with Gasteiger partial charge in [0.2, 0.25) is 0 Å². The van der Waals surface area contributed by atoms with Crippen LogP contribution in [0.3, 0.4) is 0 Å². The van der Waals surface area contributed by atoms with Crippen molar-refractivity contribution in [1.29, 1.82) is 0 Å². The zero-order chi connectivity index (χ0) is 25.9. The first-order valence-electron chi connectivity index (χ1n) is 12.0. The van der Waals surface area contributed by atoms with Crippen molar-refractivity contribution in [2.45, 2.75) is 51.6 Å². The van der Waals surface area contributed by atoms with Crippen LogP contribution in [0.15, 0.2) is 54.9 Å². The lowest BCUT2D eigenvalue weighted by Crippen LogP contribution is -2.42. The number of amides is 1. The molecule has 0 aliphatic carbocycles. The molecule has 1 atom stereocenters. The number of likely N-dealkylation sites (tertiary alicyclic amines) is 1. The second kappa shape index (κ2) is 11.0. The van der Waals surface area contributed by atoms with E-state index >= 15 is 0 Å². The van der Waals surface area contributed by atoms with Crippen molar-refractivity contribution in [3.63, 3.8) is 0 Å². The van der Waals surface area contributed by atoms with E-state index < -0.39 is 5.60 Å². The van der Waals surface area contributed by atoms with Crippen LogP contribution in [-0.4, -0.2) is 45.4 Å². The average Bonchev–Trinajstić information content (AvgIpc) is 2.85. The third kappa shape index (κ3) is 6.62. The van der Waals surface area contributed by atoms with Crippen molar-refractivity contribution < 1.29 is 14.3 Å². The van der Waals surface area contributed by atoms with Gasteiger partial charge in [0.05, 0.1) is 15.7 Å². The molecule has 0 radical (unpaired) electrons. The first kappa shape index (κ1) is 26.1. The zero-order valence-corrected chi connectivity index (χ0v) is 22.1. The predicted molar refractivity (Wildman–Crippen MR) is 142 cm³/mol. The number of aromatic nitrogens is 2. The number of ketones is 1. The zero-order valence-electron chi connectivity index (χ0n) is 20.6. The van der Waals surface area contributed by atoms with Crippen molar-refractivity contribution in [2.75, 3.05) is 13.1 Å². The number of Topliss-reactive ketones (excluding diaryl/α,β-unsaturated/α-hetero) is 1. The Morgan fingerprint density at radius 2 is 1.86 bits per heavy atom. The third-order valence-corrected chi connectivity index (χ3v) is 6.77. The fourth-order valence-electron chi connectivity index (χ4n) is 4.30. The summed E-state index contributed by atoms with van der Waals surface area (Å²) in [5.74, 6) is 0.0940. The van der Waals surface area contributed by atoms with Crippen LogP contribution in [0.25, 0.3) is 11.3 Å². The topological polar surface area (TPSA) is 72.4 Å². The van der Waals surface area contributed by atoms with E-state index in [1.807, 2.05) is 32.9 Å². The van der Waals surface area contributed by atoms with Crippen LogP contribution < -0.4 is 0 Å². The average molecular weight is 526 g/mol. The van der Waals surface area contributed by atoms with Crippen LogP contribution in [0, 0.1) is 0 Å². The highest BCUT2D eigenvalue weighted by molar-refractivity contribution is 6.42. The molecular formula is C28H29Cl2N3O3. The fraction of sp³-hybridized carbons (Fsp3) is 0.357. The summed E-state index contributed by atoms with van der Waals surface area (Å²) < 4.78 is 5.56. The second-order valence-electron chi connectivity index (χ2n) is 10.0. The smallest absolute Gasteiger partial charge is 0.410 e. The molecule has 188 valence electrons. The van der Waals surface area contributed by atoms with E-state index in [0.717, 1.165) is 29.5 Å². The van der Waals surface area contributed by atoms with Gasteiger partial charge in [0, 0.05) is 31.0 Å². The minimum Gasteiger partial charge on any atom is -0.444 e. The van der Waals surface area contributed by atoms with Crippen LogP contribution in [0.4, 0.5) is 4.79 Å². The van der Waals surface area contributed by atoms with Crippen molar-refractivity contribution in [2.24, 2.45) is 0 Å². The van der Waals surface area contributed by atoms with Gasteiger partial charge in [0.1, 0.15) is 17.6 Å². The maximum atomic E-state index is 13.1. The SMILES string of the molecule is CC(C)(C)OC(=O)N1CCCC(c2cccc(CC(=O)c3cc(-c4ccc(Cl)c(Cl)c4)ncn3)c2)C1.